The highest BCUT2D eigenvalue weighted by Crippen LogP contribution is 2.45. The molecule has 0 aromatic heterocycles. The molecule has 2 fully saturated rings. The maximum atomic E-state index is 12.9. The smallest absolute Gasteiger partial charge is 0.312 e. The minimum absolute atomic E-state index is 0.0301. The molecule has 9 heteroatoms. The van der Waals surface area contributed by atoms with Crippen LogP contribution in [-0.2, 0) is 24.0 Å². The van der Waals surface area contributed by atoms with Gasteiger partial charge in [0.25, 0.3) is 0 Å². The quantitative estimate of drug-likeness (QED) is 0.156. The fourth-order valence-corrected chi connectivity index (χ4v) is 4.70. The van der Waals surface area contributed by atoms with Crippen LogP contribution in [0.4, 0.5) is 4.79 Å². The van der Waals surface area contributed by atoms with E-state index in [9.17, 15) is 28.8 Å². The zero-order valence-corrected chi connectivity index (χ0v) is 19.6. The molecule has 2 rings (SSSR count). The van der Waals surface area contributed by atoms with E-state index in [1.54, 1.807) is 6.92 Å². The van der Waals surface area contributed by atoms with Gasteiger partial charge < -0.3 is 15.8 Å². The summed E-state index contributed by atoms with van der Waals surface area (Å²) in [5.41, 5.74) is 4.08. The van der Waals surface area contributed by atoms with E-state index in [2.05, 4.69) is 5.32 Å². The van der Waals surface area contributed by atoms with Crippen LogP contribution in [0.15, 0.2) is 0 Å². The molecule has 2 atom stereocenters. The first-order valence-electron chi connectivity index (χ1n) is 12.1. The molecular formula is C24H37N3O6. The number of primary amides is 1. The SMILES string of the molecule is CC1CC(=O)N(CCCCCCC(=O)C2(C(=O)C[C@H](C=O)CCCNC(N)=O)CCC2)C1=O. The Morgan fingerprint density at radius 2 is 1.82 bits per heavy atom. The lowest BCUT2D eigenvalue weighted by Gasteiger charge is -2.39. The van der Waals surface area contributed by atoms with Crippen molar-refractivity contribution in [2.75, 3.05) is 13.1 Å². The van der Waals surface area contributed by atoms with E-state index in [0.717, 1.165) is 25.5 Å². The summed E-state index contributed by atoms with van der Waals surface area (Å²) >= 11 is 0. The van der Waals surface area contributed by atoms with E-state index in [1.807, 2.05) is 0 Å². The van der Waals surface area contributed by atoms with Crippen molar-refractivity contribution in [2.24, 2.45) is 23.0 Å². The van der Waals surface area contributed by atoms with E-state index in [4.69, 9.17) is 5.73 Å². The Morgan fingerprint density at radius 3 is 2.36 bits per heavy atom. The van der Waals surface area contributed by atoms with Crippen molar-refractivity contribution in [3.8, 4) is 0 Å². The number of likely N-dealkylation sites (tertiary alicyclic amines) is 1. The predicted molar refractivity (Wildman–Crippen MR) is 121 cm³/mol. The maximum Gasteiger partial charge on any atom is 0.312 e. The number of unbranched alkanes of at least 4 members (excludes halogenated alkanes) is 3. The van der Waals surface area contributed by atoms with E-state index in [0.29, 0.717) is 64.5 Å². The van der Waals surface area contributed by atoms with Crippen molar-refractivity contribution in [3.05, 3.63) is 0 Å². The molecule has 1 aliphatic heterocycles. The molecule has 1 saturated carbocycles. The third-order valence-corrected chi connectivity index (χ3v) is 6.97. The second kappa shape index (κ2) is 12.6. The molecule has 33 heavy (non-hydrogen) atoms. The Balaban J connectivity index is 1.70. The minimum atomic E-state index is -0.933. The Bertz CT molecular complexity index is 761. The van der Waals surface area contributed by atoms with Crippen LogP contribution in [0.3, 0.4) is 0 Å². The van der Waals surface area contributed by atoms with Gasteiger partial charge in [-0.25, -0.2) is 4.79 Å². The molecule has 0 spiro atoms. The van der Waals surface area contributed by atoms with Crippen molar-refractivity contribution in [1.29, 1.82) is 0 Å². The van der Waals surface area contributed by atoms with E-state index in [-0.39, 0.29) is 35.7 Å². The van der Waals surface area contributed by atoms with Crippen LogP contribution in [0.2, 0.25) is 0 Å². The third-order valence-electron chi connectivity index (χ3n) is 6.97. The third kappa shape index (κ3) is 7.20. The molecule has 9 nitrogen and oxygen atoms in total. The van der Waals surface area contributed by atoms with Crippen LogP contribution in [0.25, 0.3) is 0 Å². The lowest BCUT2D eigenvalue weighted by Crippen LogP contribution is -2.46. The van der Waals surface area contributed by atoms with E-state index < -0.39 is 17.4 Å². The van der Waals surface area contributed by atoms with E-state index in [1.165, 1.54) is 4.90 Å². The number of urea groups is 1. The number of hydrogen-bond donors (Lipinski definition) is 2. The summed E-state index contributed by atoms with van der Waals surface area (Å²) in [4.78, 5) is 73.0. The predicted octanol–water partition coefficient (Wildman–Crippen LogP) is 2.29. The van der Waals surface area contributed by atoms with Gasteiger partial charge in [0, 0.05) is 44.2 Å². The van der Waals surface area contributed by atoms with Gasteiger partial charge in [0.15, 0.2) is 0 Å². The average Bonchev–Trinajstić information content (AvgIpc) is 2.97. The number of carbonyl (C=O) groups is 6. The van der Waals surface area contributed by atoms with Crippen molar-refractivity contribution in [3.63, 3.8) is 0 Å². The first-order valence-corrected chi connectivity index (χ1v) is 12.1. The normalized spacial score (nSPS) is 20.3. The van der Waals surface area contributed by atoms with Crippen LogP contribution >= 0.6 is 0 Å². The molecule has 1 unspecified atom stereocenters. The number of Topliss-reactive ketones (excluding diaryl/α,β-unsaturated/α-hetero) is 2. The molecule has 1 saturated heterocycles. The van der Waals surface area contributed by atoms with Crippen molar-refractivity contribution in [2.45, 2.75) is 84.0 Å². The number of imide groups is 1. The van der Waals surface area contributed by atoms with Gasteiger partial charge in [-0.05, 0) is 38.5 Å². The number of amides is 4. The summed E-state index contributed by atoms with van der Waals surface area (Å²) in [7, 11) is 0. The molecule has 2 aliphatic rings. The van der Waals surface area contributed by atoms with Crippen LogP contribution in [0.1, 0.15) is 84.0 Å². The zero-order chi connectivity index (χ0) is 24.4. The number of ketones is 2. The lowest BCUT2D eigenvalue weighted by molar-refractivity contribution is -0.148. The molecule has 1 heterocycles. The summed E-state index contributed by atoms with van der Waals surface area (Å²) in [5.74, 6) is -1.06. The second-order valence-electron chi connectivity index (χ2n) is 9.47. The van der Waals surface area contributed by atoms with Crippen LogP contribution in [0, 0.1) is 17.3 Å². The van der Waals surface area contributed by atoms with Gasteiger partial charge in [-0.15, -0.1) is 0 Å². The molecule has 184 valence electrons. The average molecular weight is 464 g/mol. The van der Waals surface area contributed by atoms with Crippen LogP contribution in [-0.4, -0.2) is 53.7 Å². The number of rotatable bonds is 16. The second-order valence-corrected chi connectivity index (χ2v) is 9.47. The van der Waals surface area contributed by atoms with Gasteiger partial charge in [0.05, 0.1) is 5.41 Å². The Labute approximate surface area is 195 Å². The summed E-state index contributed by atoms with van der Waals surface area (Å²) < 4.78 is 0. The Morgan fingerprint density at radius 1 is 1.12 bits per heavy atom. The molecular weight excluding hydrogens is 426 g/mol. The minimum Gasteiger partial charge on any atom is -0.352 e. The number of nitrogens with two attached hydrogens (primary N) is 1. The molecule has 0 bridgehead atoms. The summed E-state index contributed by atoms with van der Waals surface area (Å²) in [6.45, 7) is 2.54. The highest BCUT2D eigenvalue weighted by atomic mass is 16.2. The first kappa shape index (κ1) is 26.7. The summed E-state index contributed by atoms with van der Waals surface area (Å²) in [5, 5.41) is 2.46. The van der Waals surface area contributed by atoms with Crippen molar-refractivity contribution < 1.29 is 28.8 Å². The lowest BCUT2D eigenvalue weighted by atomic mass is 9.61. The number of nitrogens with one attached hydrogen (secondary N) is 1. The highest BCUT2D eigenvalue weighted by Gasteiger charge is 2.49. The molecule has 3 N–H and O–H groups in total. The van der Waals surface area contributed by atoms with Crippen molar-refractivity contribution >= 4 is 35.7 Å². The Hall–Kier alpha value is -2.58. The van der Waals surface area contributed by atoms with Gasteiger partial charge in [-0.1, -0.05) is 26.2 Å². The first-order chi connectivity index (χ1) is 15.7. The fourth-order valence-electron chi connectivity index (χ4n) is 4.70. The molecule has 4 amide bonds. The number of aldehydes is 1. The highest BCUT2D eigenvalue weighted by molar-refractivity contribution is 6.08. The Kier molecular flexibility index (Phi) is 10.2. The fraction of sp³-hybridized carbons (Fsp3) is 0.750. The largest absolute Gasteiger partial charge is 0.352 e. The van der Waals surface area contributed by atoms with Gasteiger partial charge >= 0.3 is 6.03 Å². The number of hydrogen-bond acceptors (Lipinski definition) is 6. The zero-order valence-electron chi connectivity index (χ0n) is 19.6. The molecule has 0 aromatic carbocycles. The van der Waals surface area contributed by atoms with Gasteiger partial charge in [0.1, 0.15) is 17.9 Å². The molecule has 0 aromatic rings. The summed E-state index contributed by atoms with van der Waals surface area (Å²) in [6.07, 6.45) is 7.37. The van der Waals surface area contributed by atoms with Gasteiger partial charge in [-0.2, -0.15) is 0 Å². The van der Waals surface area contributed by atoms with E-state index >= 15 is 0 Å². The molecule has 1 aliphatic carbocycles. The maximum absolute atomic E-state index is 12.9. The van der Waals surface area contributed by atoms with Crippen LogP contribution in [0.5, 0.6) is 0 Å². The standard InChI is InChI=1S/C24H37N3O6/c1-17-14-21(31)27(22(17)32)13-5-3-2-4-9-19(29)24(10-7-11-24)20(30)15-18(16-28)8-6-12-26-23(25)33/h16-18H,2-15H2,1H3,(H3,25,26,33)/t17?,18-/m1/s1. The van der Waals surface area contributed by atoms with Gasteiger partial charge in [-0.3, -0.25) is 24.1 Å². The topological polar surface area (TPSA) is 144 Å². The van der Waals surface area contributed by atoms with Crippen molar-refractivity contribution in [1.82, 2.24) is 10.2 Å². The monoisotopic (exact) mass is 463 g/mol. The molecule has 0 radical (unpaired) electrons. The number of nitrogens with zero attached hydrogens (tertiary/aromatic N) is 1. The summed E-state index contributed by atoms with van der Waals surface area (Å²) in [6, 6.07) is -0.625. The van der Waals surface area contributed by atoms with Crippen LogP contribution < -0.4 is 11.1 Å². The number of carbonyl (C=O) groups excluding carboxylic acids is 6. The van der Waals surface area contributed by atoms with Gasteiger partial charge in [0.2, 0.25) is 11.8 Å².